The summed E-state index contributed by atoms with van der Waals surface area (Å²) in [6, 6.07) is 15.0. The molecular formula is C19H21NO3. The van der Waals surface area contributed by atoms with Crippen molar-refractivity contribution in [2.75, 3.05) is 0 Å². The van der Waals surface area contributed by atoms with E-state index in [1.54, 1.807) is 19.1 Å². The molecule has 0 aliphatic heterocycles. The largest absolute Gasteiger partial charge is 0.449 e. The predicted octanol–water partition coefficient (Wildman–Crippen LogP) is 3.17. The van der Waals surface area contributed by atoms with Crippen LogP contribution in [0.15, 0.2) is 48.5 Å². The van der Waals surface area contributed by atoms with Crippen molar-refractivity contribution in [3.8, 4) is 0 Å². The van der Waals surface area contributed by atoms with Crippen LogP contribution in [0.25, 0.3) is 0 Å². The minimum Gasteiger partial charge on any atom is -0.449 e. The third-order valence-corrected chi connectivity index (χ3v) is 3.79. The van der Waals surface area contributed by atoms with Crippen LogP contribution in [0.1, 0.15) is 34.0 Å². The lowest BCUT2D eigenvalue weighted by atomic mass is 10.0. The van der Waals surface area contributed by atoms with Crippen LogP contribution in [0, 0.1) is 13.8 Å². The van der Waals surface area contributed by atoms with Gasteiger partial charge in [0.15, 0.2) is 6.10 Å². The second kappa shape index (κ2) is 7.58. The summed E-state index contributed by atoms with van der Waals surface area (Å²) in [5.41, 5.74) is 3.37. The van der Waals surface area contributed by atoms with Gasteiger partial charge >= 0.3 is 5.97 Å². The average Bonchev–Trinajstić information content (AvgIpc) is 2.55. The number of nitrogens with one attached hydrogen (secondary N) is 1. The van der Waals surface area contributed by atoms with E-state index in [1.165, 1.54) is 0 Å². The predicted molar refractivity (Wildman–Crippen MR) is 89.1 cm³/mol. The minimum atomic E-state index is -0.842. The standard InChI is InChI=1S/C19H21NO3/c1-13-8-7-11-17(14(13)2)19(22)23-15(3)18(21)20-12-16-9-5-4-6-10-16/h4-11,15H,12H2,1-3H3,(H,20,21)/t15-/m0/s1. The summed E-state index contributed by atoms with van der Waals surface area (Å²) in [6.45, 7) is 5.78. The maximum absolute atomic E-state index is 12.2. The van der Waals surface area contributed by atoms with Crippen LogP contribution in [0.4, 0.5) is 0 Å². The Morgan fingerprint density at radius 2 is 1.74 bits per heavy atom. The van der Waals surface area contributed by atoms with E-state index >= 15 is 0 Å². The Balaban J connectivity index is 1.92. The molecule has 0 fully saturated rings. The van der Waals surface area contributed by atoms with Crippen LogP contribution in [0.3, 0.4) is 0 Å². The van der Waals surface area contributed by atoms with Crippen LogP contribution in [-0.2, 0) is 16.1 Å². The van der Waals surface area contributed by atoms with Crippen LogP contribution < -0.4 is 5.32 Å². The number of ether oxygens (including phenoxy) is 1. The van der Waals surface area contributed by atoms with Gasteiger partial charge in [-0.15, -0.1) is 0 Å². The Bertz CT molecular complexity index is 695. The summed E-state index contributed by atoms with van der Waals surface area (Å²) < 4.78 is 5.27. The Hall–Kier alpha value is -2.62. The van der Waals surface area contributed by atoms with Gasteiger partial charge in [0.2, 0.25) is 0 Å². The number of esters is 1. The summed E-state index contributed by atoms with van der Waals surface area (Å²) in [5.74, 6) is -0.791. The van der Waals surface area contributed by atoms with Crippen molar-refractivity contribution in [2.45, 2.75) is 33.4 Å². The molecule has 0 bridgehead atoms. The smallest absolute Gasteiger partial charge is 0.339 e. The number of benzene rings is 2. The third kappa shape index (κ3) is 4.42. The zero-order valence-corrected chi connectivity index (χ0v) is 13.6. The number of carbonyl (C=O) groups excluding carboxylic acids is 2. The molecule has 1 amide bonds. The zero-order valence-electron chi connectivity index (χ0n) is 13.6. The Labute approximate surface area is 136 Å². The molecule has 120 valence electrons. The maximum Gasteiger partial charge on any atom is 0.339 e. The first kappa shape index (κ1) is 16.7. The van der Waals surface area contributed by atoms with E-state index in [0.29, 0.717) is 12.1 Å². The molecule has 23 heavy (non-hydrogen) atoms. The molecule has 0 saturated carbocycles. The lowest BCUT2D eigenvalue weighted by Gasteiger charge is -2.15. The molecule has 1 N–H and O–H groups in total. The first-order valence-electron chi connectivity index (χ1n) is 7.58. The number of aryl methyl sites for hydroxylation is 1. The van der Waals surface area contributed by atoms with Crippen molar-refractivity contribution in [3.05, 3.63) is 70.8 Å². The molecule has 4 nitrogen and oxygen atoms in total. The fraction of sp³-hybridized carbons (Fsp3) is 0.263. The highest BCUT2D eigenvalue weighted by Gasteiger charge is 2.20. The molecule has 4 heteroatoms. The third-order valence-electron chi connectivity index (χ3n) is 3.79. The zero-order chi connectivity index (χ0) is 16.8. The van der Waals surface area contributed by atoms with Crippen molar-refractivity contribution in [1.82, 2.24) is 5.32 Å². The van der Waals surface area contributed by atoms with Crippen molar-refractivity contribution in [3.63, 3.8) is 0 Å². The number of carbonyl (C=O) groups is 2. The van der Waals surface area contributed by atoms with Crippen LogP contribution in [-0.4, -0.2) is 18.0 Å². The molecule has 0 spiro atoms. The van der Waals surface area contributed by atoms with Gasteiger partial charge in [-0.05, 0) is 43.5 Å². The second-order valence-corrected chi connectivity index (χ2v) is 5.50. The summed E-state index contributed by atoms with van der Waals surface area (Å²) in [5, 5.41) is 2.77. The first-order chi connectivity index (χ1) is 11.0. The van der Waals surface area contributed by atoms with Gasteiger partial charge in [0.25, 0.3) is 5.91 Å². The summed E-state index contributed by atoms with van der Waals surface area (Å²) in [4.78, 5) is 24.3. The molecule has 0 aliphatic carbocycles. The SMILES string of the molecule is Cc1cccc(C(=O)O[C@@H](C)C(=O)NCc2ccccc2)c1C. The maximum atomic E-state index is 12.2. The normalized spacial score (nSPS) is 11.6. The molecule has 0 heterocycles. The summed E-state index contributed by atoms with van der Waals surface area (Å²) in [6.07, 6.45) is -0.842. The van der Waals surface area contributed by atoms with Crippen molar-refractivity contribution in [2.24, 2.45) is 0 Å². The van der Waals surface area contributed by atoms with E-state index in [2.05, 4.69) is 5.32 Å². The minimum absolute atomic E-state index is 0.312. The van der Waals surface area contributed by atoms with Crippen LogP contribution >= 0.6 is 0 Å². The number of hydrogen-bond donors (Lipinski definition) is 1. The highest BCUT2D eigenvalue weighted by Crippen LogP contribution is 2.14. The number of amides is 1. The van der Waals surface area contributed by atoms with Gasteiger partial charge in [-0.2, -0.15) is 0 Å². The van der Waals surface area contributed by atoms with Crippen LogP contribution in [0.5, 0.6) is 0 Å². The van der Waals surface area contributed by atoms with Gasteiger partial charge in [0, 0.05) is 6.54 Å². The Kier molecular flexibility index (Phi) is 5.52. The highest BCUT2D eigenvalue weighted by molar-refractivity contribution is 5.93. The van der Waals surface area contributed by atoms with E-state index in [9.17, 15) is 9.59 Å². The van der Waals surface area contributed by atoms with E-state index in [1.807, 2.05) is 50.2 Å². The number of rotatable bonds is 5. The average molecular weight is 311 g/mol. The van der Waals surface area contributed by atoms with Gasteiger partial charge in [-0.3, -0.25) is 4.79 Å². The molecule has 2 aromatic carbocycles. The molecular weight excluding hydrogens is 290 g/mol. The van der Waals surface area contributed by atoms with Crippen LogP contribution in [0.2, 0.25) is 0 Å². The van der Waals surface area contributed by atoms with Crippen molar-refractivity contribution < 1.29 is 14.3 Å². The molecule has 1 atom stereocenters. The van der Waals surface area contributed by atoms with Gasteiger partial charge in [-0.1, -0.05) is 42.5 Å². The Morgan fingerprint density at radius 1 is 1.04 bits per heavy atom. The van der Waals surface area contributed by atoms with E-state index in [0.717, 1.165) is 16.7 Å². The fourth-order valence-electron chi connectivity index (χ4n) is 2.18. The lowest BCUT2D eigenvalue weighted by molar-refractivity contribution is -0.129. The topological polar surface area (TPSA) is 55.4 Å². The van der Waals surface area contributed by atoms with Crippen molar-refractivity contribution in [1.29, 1.82) is 0 Å². The first-order valence-corrected chi connectivity index (χ1v) is 7.58. The quantitative estimate of drug-likeness (QED) is 0.863. The number of hydrogen-bond acceptors (Lipinski definition) is 3. The summed E-state index contributed by atoms with van der Waals surface area (Å²) >= 11 is 0. The van der Waals surface area contributed by atoms with Gasteiger partial charge in [0.05, 0.1) is 5.56 Å². The summed E-state index contributed by atoms with van der Waals surface area (Å²) in [7, 11) is 0. The Morgan fingerprint density at radius 3 is 2.43 bits per heavy atom. The molecule has 0 radical (unpaired) electrons. The van der Waals surface area contributed by atoms with E-state index in [4.69, 9.17) is 4.74 Å². The molecule has 2 aromatic rings. The van der Waals surface area contributed by atoms with E-state index < -0.39 is 12.1 Å². The van der Waals surface area contributed by atoms with Gasteiger partial charge < -0.3 is 10.1 Å². The fourth-order valence-corrected chi connectivity index (χ4v) is 2.18. The molecule has 2 rings (SSSR count). The molecule has 0 aromatic heterocycles. The molecule has 0 aliphatic rings. The van der Waals surface area contributed by atoms with Gasteiger partial charge in [-0.25, -0.2) is 4.79 Å². The van der Waals surface area contributed by atoms with E-state index in [-0.39, 0.29) is 5.91 Å². The lowest BCUT2D eigenvalue weighted by Crippen LogP contribution is -2.35. The monoisotopic (exact) mass is 311 g/mol. The van der Waals surface area contributed by atoms with Crippen molar-refractivity contribution >= 4 is 11.9 Å². The van der Waals surface area contributed by atoms with Gasteiger partial charge in [0.1, 0.15) is 0 Å². The second-order valence-electron chi connectivity index (χ2n) is 5.50. The molecule has 0 saturated heterocycles. The highest BCUT2D eigenvalue weighted by atomic mass is 16.5. The molecule has 0 unspecified atom stereocenters.